The lowest BCUT2D eigenvalue weighted by Gasteiger charge is -2.14. The van der Waals surface area contributed by atoms with Gasteiger partial charge in [0.2, 0.25) is 0 Å². The van der Waals surface area contributed by atoms with Crippen LogP contribution >= 0.6 is 0 Å². The molecule has 0 unspecified atom stereocenters. The first-order valence-corrected chi connectivity index (χ1v) is 8.77. The van der Waals surface area contributed by atoms with Crippen molar-refractivity contribution in [1.29, 1.82) is 0 Å². The Morgan fingerprint density at radius 2 is 1.96 bits per heavy atom. The number of aromatic nitrogens is 2. The molecule has 4 rings (SSSR count). The van der Waals surface area contributed by atoms with Gasteiger partial charge in [0.15, 0.2) is 0 Å². The van der Waals surface area contributed by atoms with Crippen LogP contribution in [0, 0.1) is 0 Å². The van der Waals surface area contributed by atoms with Crippen LogP contribution in [0.3, 0.4) is 0 Å². The molecule has 0 fully saturated rings. The first-order valence-electron chi connectivity index (χ1n) is 7.28. The largest absolute Gasteiger partial charge is 0.372 e. The highest BCUT2D eigenvalue weighted by molar-refractivity contribution is 7.92. The Morgan fingerprint density at radius 1 is 1.13 bits per heavy atom. The van der Waals surface area contributed by atoms with Gasteiger partial charge < -0.3 is 9.30 Å². The fraction of sp³-hybridized carbons (Fsp3) is 0.188. The van der Waals surface area contributed by atoms with E-state index in [2.05, 4.69) is 14.3 Å². The van der Waals surface area contributed by atoms with Crippen molar-refractivity contribution in [2.75, 3.05) is 11.3 Å². The van der Waals surface area contributed by atoms with E-state index >= 15 is 0 Å². The number of sulfonamides is 1. The van der Waals surface area contributed by atoms with E-state index in [0.717, 1.165) is 23.4 Å². The molecule has 0 aliphatic carbocycles. The molecule has 2 heterocycles. The van der Waals surface area contributed by atoms with Gasteiger partial charge in [0, 0.05) is 6.54 Å². The third-order valence-corrected chi connectivity index (χ3v) is 5.22. The fourth-order valence-electron chi connectivity index (χ4n) is 2.74. The number of hydrogen-bond acceptors (Lipinski definition) is 4. The van der Waals surface area contributed by atoms with E-state index in [9.17, 15) is 8.42 Å². The van der Waals surface area contributed by atoms with Gasteiger partial charge in [-0.15, -0.1) is 0 Å². The molecule has 1 aromatic heterocycles. The van der Waals surface area contributed by atoms with Gasteiger partial charge in [-0.1, -0.05) is 18.2 Å². The summed E-state index contributed by atoms with van der Waals surface area (Å²) in [6.45, 7) is 1.92. The Hall–Kier alpha value is -2.38. The third kappa shape index (κ3) is 2.58. The molecule has 1 aliphatic heterocycles. The molecule has 0 atom stereocenters. The summed E-state index contributed by atoms with van der Waals surface area (Å²) in [7, 11) is -3.59. The zero-order valence-corrected chi connectivity index (χ0v) is 13.1. The third-order valence-electron chi connectivity index (χ3n) is 3.82. The Morgan fingerprint density at radius 3 is 2.78 bits per heavy atom. The molecule has 0 amide bonds. The highest BCUT2D eigenvalue weighted by atomic mass is 32.2. The summed E-state index contributed by atoms with van der Waals surface area (Å²) in [6.07, 6.45) is 0. The van der Waals surface area contributed by atoms with Crippen LogP contribution in [0.5, 0.6) is 0 Å². The molecule has 1 N–H and O–H groups in total. The molecule has 7 heteroatoms. The van der Waals surface area contributed by atoms with Gasteiger partial charge in [-0.2, -0.15) is 0 Å². The summed E-state index contributed by atoms with van der Waals surface area (Å²) in [4.78, 5) is 4.75. The van der Waals surface area contributed by atoms with Crippen molar-refractivity contribution in [2.45, 2.75) is 18.0 Å². The SMILES string of the molecule is O=S(=O)(Nc1ccc2c(c1)nc1n2CCOC1)c1ccccc1. The van der Waals surface area contributed by atoms with Crippen molar-refractivity contribution in [3.63, 3.8) is 0 Å². The molecule has 0 saturated carbocycles. The number of benzene rings is 2. The number of hydrogen-bond donors (Lipinski definition) is 1. The molecule has 0 bridgehead atoms. The van der Waals surface area contributed by atoms with Gasteiger partial charge in [0.1, 0.15) is 12.4 Å². The summed E-state index contributed by atoms with van der Waals surface area (Å²) in [6, 6.07) is 13.7. The quantitative estimate of drug-likeness (QED) is 0.800. The molecule has 2 aromatic carbocycles. The van der Waals surface area contributed by atoms with E-state index in [4.69, 9.17) is 4.74 Å². The highest BCUT2D eigenvalue weighted by Crippen LogP contribution is 2.24. The number of fused-ring (bicyclic) bond motifs is 3. The topological polar surface area (TPSA) is 73.2 Å². The Bertz CT molecular complexity index is 965. The number of imidazole rings is 1. The molecule has 6 nitrogen and oxygen atoms in total. The van der Waals surface area contributed by atoms with Gasteiger partial charge in [-0.25, -0.2) is 13.4 Å². The van der Waals surface area contributed by atoms with Crippen molar-refractivity contribution in [3.05, 3.63) is 54.4 Å². The second-order valence-corrected chi connectivity index (χ2v) is 7.04. The fourth-order valence-corrected chi connectivity index (χ4v) is 3.81. The molecular formula is C16H15N3O3S. The minimum atomic E-state index is -3.59. The number of rotatable bonds is 3. The van der Waals surface area contributed by atoms with Gasteiger partial charge >= 0.3 is 0 Å². The Balaban J connectivity index is 1.70. The number of ether oxygens (including phenoxy) is 1. The van der Waals surface area contributed by atoms with E-state index in [1.165, 1.54) is 0 Å². The van der Waals surface area contributed by atoms with Crippen LogP contribution in [0.4, 0.5) is 5.69 Å². The predicted molar refractivity (Wildman–Crippen MR) is 86.6 cm³/mol. The molecule has 23 heavy (non-hydrogen) atoms. The minimum Gasteiger partial charge on any atom is -0.372 e. The van der Waals surface area contributed by atoms with Crippen molar-refractivity contribution in [2.24, 2.45) is 0 Å². The molecule has 1 aliphatic rings. The van der Waals surface area contributed by atoms with Crippen molar-refractivity contribution < 1.29 is 13.2 Å². The molecular weight excluding hydrogens is 314 g/mol. The first kappa shape index (κ1) is 14.2. The second kappa shape index (κ2) is 5.36. The molecule has 0 saturated heterocycles. The molecule has 118 valence electrons. The smallest absolute Gasteiger partial charge is 0.261 e. The van der Waals surface area contributed by atoms with Crippen LogP contribution < -0.4 is 4.72 Å². The van der Waals surface area contributed by atoms with Crippen LogP contribution in [0.1, 0.15) is 5.82 Å². The van der Waals surface area contributed by atoms with Gasteiger partial charge in [-0.3, -0.25) is 4.72 Å². The zero-order valence-electron chi connectivity index (χ0n) is 12.3. The van der Waals surface area contributed by atoms with E-state index in [-0.39, 0.29) is 4.90 Å². The number of nitrogens with one attached hydrogen (secondary N) is 1. The van der Waals surface area contributed by atoms with Gasteiger partial charge in [0.05, 0.1) is 28.2 Å². The Kier molecular flexibility index (Phi) is 3.32. The lowest BCUT2D eigenvalue weighted by Crippen LogP contribution is -2.16. The van der Waals surface area contributed by atoms with E-state index in [1.807, 2.05) is 6.07 Å². The maximum atomic E-state index is 12.4. The first-order chi connectivity index (χ1) is 11.1. The van der Waals surface area contributed by atoms with E-state index in [1.54, 1.807) is 42.5 Å². The maximum Gasteiger partial charge on any atom is 0.261 e. The van der Waals surface area contributed by atoms with Crippen LogP contribution in [-0.4, -0.2) is 24.6 Å². The molecule has 0 spiro atoms. The van der Waals surface area contributed by atoms with E-state index in [0.29, 0.717) is 18.9 Å². The minimum absolute atomic E-state index is 0.234. The van der Waals surface area contributed by atoms with Crippen molar-refractivity contribution in [3.8, 4) is 0 Å². The Labute approximate surface area is 133 Å². The second-order valence-electron chi connectivity index (χ2n) is 5.35. The molecule has 0 radical (unpaired) electrons. The standard InChI is InChI=1S/C16H15N3O3S/c20-23(21,13-4-2-1-3-5-13)18-12-6-7-15-14(10-12)17-16-11-22-9-8-19(15)16/h1-7,10,18H,8-9,11H2. The van der Waals surface area contributed by atoms with Crippen LogP contribution in [0.2, 0.25) is 0 Å². The lowest BCUT2D eigenvalue weighted by molar-refractivity contribution is 0.0830. The maximum absolute atomic E-state index is 12.4. The average Bonchev–Trinajstić information content (AvgIpc) is 2.93. The van der Waals surface area contributed by atoms with Crippen molar-refractivity contribution in [1.82, 2.24) is 9.55 Å². The van der Waals surface area contributed by atoms with Gasteiger partial charge in [0.25, 0.3) is 10.0 Å². The summed E-state index contributed by atoms with van der Waals surface area (Å²) < 4.78 is 34.9. The highest BCUT2D eigenvalue weighted by Gasteiger charge is 2.17. The number of nitrogens with zero attached hydrogens (tertiary/aromatic N) is 2. The normalized spacial score (nSPS) is 14.6. The van der Waals surface area contributed by atoms with Crippen LogP contribution in [0.25, 0.3) is 11.0 Å². The summed E-state index contributed by atoms with van der Waals surface area (Å²) >= 11 is 0. The lowest BCUT2D eigenvalue weighted by atomic mass is 10.3. The zero-order chi connectivity index (χ0) is 15.9. The predicted octanol–water partition coefficient (Wildman–Crippen LogP) is 2.37. The summed E-state index contributed by atoms with van der Waals surface area (Å²) in [5.74, 6) is 0.870. The van der Waals surface area contributed by atoms with Crippen molar-refractivity contribution >= 4 is 26.7 Å². The monoisotopic (exact) mass is 329 g/mol. The van der Waals surface area contributed by atoms with Crippen LogP contribution in [0.15, 0.2) is 53.4 Å². The summed E-state index contributed by atoms with van der Waals surface area (Å²) in [5, 5.41) is 0. The molecule has 3 aromatic rings. The number of anilines is 1. The average molecular weight is 329 g/mol. The summed E-state index contributed by atoms with van der Waals surface area (Å²) in [5.41, 5.74) is 2.25. The van der Waals surface area contributed by atoms with Crippen LogP contribution in [-0.2, 0) is 27.9 Å². The van der Waals surface area contributed by atoms with Gasteiger partial charge in [-0.05, 0) is 30.3 Å². The van der Waals surface area contributed by atoms with E-state index < -0.39 is 10.0 Å².